The van der Waals surface area contributed by atoms with Gasteiger partial charge in [-0.15, -0.1) is 0 Å². The number of anilines is 1. The van der Waals surface area contributed by atoms with Crippen LogP contribution in [-0.2, 0) is 0 Å². The van der Waals surface area contributed by atoms with Crippen LogP contribution in [0.4, 0.5) is 5.69 Å². The van der Waals surface area contributed by atoms with Crippen molar-refractivity contribution in [2.45, 2.75) is 45.6 Å². The number of para-hydroxylation sites is 1. The molecule has 0 amide bonds. The second kappa shape index (κ2) is 7.39. The second-order valence-electron chi connectivity index (χ2n) is 9.74. The molecular weight excluding hydrogens is 366 g/mol. The standard InChI is InChI=1S/C27H29N3/c1-27(2,3)18-30-24-12-8-7-11-21(24)17-22(25(30)20-9-5-4-6-10-20)26-28-16-15-23(29-26)19-13-14-19/h4-12,15-17,19,25H,13-14,18H2,1-3H3. The normalized spacial score (nSPS) is 18.7. The fourth-order valence-electron chi connectivity index (χ4n) is 4.41. The van der Waals surface area contributed by atoms with Gasteiger partial charge in [0, 0.05) is 35.6 Å². The summed E-state index contributed by atoms with van der Waals surface area (Å²) in [5, 5.41) is 0. The molecule has 152 valence electrons. The van der Waals surface area contributed by atoms with Gasteiger partial charge in [-0.1, -0.05) is 69.3 Å². The van der Waals surface area contributed by atoms with Gasteiger partial charge in [-0.25, -0.2) is 9.97 Å². The Morgan fingerprint density at radius 1 is 0.933 bits per heavy atom. The Bertz CT molecular complexity index is 1070. The van der Waals surface area contributed by atoms with Crippen molar-refractivity contribution in [1.82, 2.24) is 9.97 Å². The number of hydrogen-bond acceptors (Lipinski definition) is 3. The van der Waals surface area contributed by atoms with E-state index in [0.717, 1.165) is 12.4 Å². The summed E-state index contributed by atoms with van der Waals surface area (Å²) in [6, 6.07) is 21.7. The maximum atomic E-state index is 5.03. The van der Waals surface area contributed by atoms with E-state index in [1.807, 2.05) is 6.20 Å². The molecule has 3 heteroatoms. The van der Waals surface area contributed by atoms with Gasteiger partial charge in [0.05, 0.1) is 6.04 Å². The summed E-state index contributed by atoms with van der Waals surface area (Å²) >= 11 is 0. The van der Waals surface area contributed by atoms with Crippen LogP contribution in [0.2, 0.25) is 0 Å². The van der Waals surface area contributed by atoms with Crippen molar-refractivity contribution in [2.24, 2.45) is 5.41 Å². The minimum Gasteiger partial charge on any atom is -0.359 e. The van der Waals surface area contributed by atoms with Crippen LogP contribution < -0.4 is 4.90 Å². The maximum absolute atomic E-state index is 5.03. The molecule has 2 aliphatic rings. The number of fused-ring (bicyclic) bond motifs is 1. The second-order valence-corrected chi connectivity index (χ2v) is 9.74. The average molecular weight is 396 g/mol. The molecule has 1 unspecified atom stereocenters. The molecule has 0 spiro atoms. The molecule has 0 radical (unpaired) electrons. The lowest BCUT2D eigenvalue weighted by atomic mass is 9.86. The predicted molar refractivity (Wildman–Crippen MR) is 124 cm³/mol. The van der Waals surface area contributed by atoms with E-state index in [2.05, 4.69) is 92.4 Å². The molecule has 1 aliphatic carbocycles. The van der Waals surface area contributed by atoms with Gasteiger partial charge in [0.2, 0.25) is 0 Å². The van der Waals surface area contributed by atoms with E-state index in [4.69, 9.17) is 9.97 Å². The minimum absolute atomic E-state index is 0.0924. The molecule has 1 atom stereocenters. The monoisotopic (exact) mass is 395 g/mol. The van der Waals surface area contributed by atoms with E-state index in [-0.39, 0.29) is 11.5 Å². The first-order chi connectivity index (χ1) is 14.5. The number of benzene rings is 2. The summed E-state index contributed by atoms with van der Waals surface area (Å²) in [5.74, 6) is 1.48. The Morgan fingerprint density at radius 3 is 2.40 bits per heavy atom. The Morgan fingerprint density at radius 2 is 1.67 bits per heavy atom. The van der Waals surface area contributed by atoms with E-state index >= 15 is 0 Å². The summed E-state index contributed by atoms with van der Waals surface area (Å²) < 4.78 is 0. The molecule has 1 aromatic heterocycles. The molecule has 0 saturated heterocycles. The minimum atomic E-state index is 0.0924. The molecule has 5 rings (SSSR count). The highest BCUT2D eigenvalue weighted by atomic mass is 15.2. The van der Waals surface area contributed by atoms with E-state index < -0.39 is 0 Å². The van der Waals surface area contributed by atoms with Crippen molar-refractivity contribution in [3.8, 4) is 0 Å². The predicted octanol–water partition coefficient (Wildman–Crippen LogP) is 6.50. The zero-order chi connectivity index (χ0) is 20.7. The van der Waals surface area contributed by atoms with Crippen molar-refractivity contribution in [1.29, 1.82) is 0 Å². The number of rotatable bonds is 4. The van der Waals surface area contributed by atoms with Crippen LogP contribution in [0.3, 0.4) is 0 Å². The zero-order valence-corrected chi connectivity index (χ0v) is 18.0. The largest absolute Gasteiger partial charge is 0.359 e. The first-order valence-electron chi connectivity index (χ1n) is 11.0. The van der Waals surface area contributed by atoms with Crippen molar-refractivity contribution in [2.75, 3.05) is 11.4 Å². The van der Waals surface area contributed by atoms with Crippen molar-refractivity contribution < 1.29 is 0 Å². The third kappa shape index (κ3) is 3.77. The molecule has 0 bridgehead atoms. The van der Waals surface area contributed by atoms with Gasteiger partial charge in [0.15, 0.2) is 5.82 Å². The highest BCUT2D eigenvalue weighted by Crippen LogP contribution is 2.46. The van der Waals surface area contributed by atoms with Gasteiger partial charge in [0.1, 0.15) is 0 Å². The summed E-state index contributed by atoms with van der Waals surface area (Å²) in [5.41, 5.74) is 6.33. The average Bonchev–Trinajstić information content (AvgIpc) is 3.59. The van der Waals surface area contributed by atoms with Crippen LogP contribution in [0.5, 0.6) is 0 Å². The smallest absolute Gasteiger partial charge is 0.157 e. The summed E-state index contributed by atoms with van der Waals surface area (Å²) in [4.78, 5) is 12.3. The number of nitrogens with zero attached hydrogens (tertiary/aromatic N) is 3. The van der Waals surface area contributed by atoms with Crippen LogP contribution in [0.25, 0.3) is 11.6 Å². The number of aromatic nitrogens is 2. The highest BCUT2D eigenvalue weighted by molar-refractivity contribution is 5.92. The molecule has 1 fully saturated rings. The van der Waals surface area contributed by atoms with E-state index in [1.54, 1.807) is 0 Å². The summed E-state index contributed by atoms with van der Waals surface area (Å²) in [6.07, 6.45) is 6.73. The lowest BCUT2D eigenvalue weighted by molar-refractivity contribution is 0.402. The van der Waals surface area contributed by atoms with Gasteiger partial charge in [-0.3, -0.25) is 0 Å². The summed E-state index contributed by atoms with van der Waals surface area (Å²) in [7, 11) is 0. The SMILES string of the molecule is CC(C)(C)CN1c2ccccc2C=C(c2nccc(C3CC3)n2)C1c1ccccc1. The van der Waals surface area contributed by atoms with Crippen molar-refractivity contribution in [3.63, 3.8) is 0 Å². The van der Waals surface area contributed by atoms with Crippen LogP contribution in [0, 0.1) is 5.41 Å². The van der Waals surface area contributed by atoms with Crippen LogP contribution >= 0.6 is 0 Å². The van der Waals surface area contributed by atoms with Crippen LogP contribution in [-0.4, -0.2) is 16.5 Å². The molecule has 0 N–H and O–H groups in total. The lowest BCUT2D eigenvalue weighted by Crippen LogP contribution is -2.38. The summed E-state index contributed by atoms with van der Waals surface area (Å²) in [6.45, 7) is 7.86. The van der Waals surface area contributed by atoms with E-state index in [1.165, 1.54) is 40.9 Å². The Labute approximate surface area is 179 Å². The van der Waals surface area contributed by atoms with Gasteiger partial charge in [0.25, 0.3) is 0 Å². The van der Waals surface area contributed by atoms with Gasteiger partial charge in [-0.2, -0.15) is 0 Å². The number of hydrogen-bond donors (Lipinski definition) is 0. The van der Waals surface area contributed by atoms with E-state index in [0.29, 0.717) is 5.92 Å². The quantitative estimate of drug-likeness (QED) is 0.505. The lowest BCUT2D eigenvalue weighted by Gasteiger charge is -2.42. The fraction of sp³-hybridized carbons (Fsp3) is 0.333. The Balaban J connectivity index is 1.70. The zero-order valence-electron chi connectivity index (χ0n) is 18.0. The van der Waals surface area contributed by atoms with Gasteiger partial charge < -0.3 is 4.90 Å². The molecule has 3 nitrogen and oxygen atoms in total. The van der Waals surface area contributed by atoms with Crippen molar-refractivity contribution >= 4 is 17.3 Å². The van der Waals surface area contributed by atoms with E-state index in [9.17, 15) is 0 Å². The third-order valence-electron chi connectivity index (χ3n) is 5.85. The molecule has 2 heterocycles. The third-order valence-corrected chi connectivity index (χ3v) is 5.85. The first-order valence-corrected chi connectivity index (χ1v) is 11.0. The Kier molecular flexibility index (Phi) is 4.69. The first kappa shape index (κ1) is 19.0. The van der Waals surface area contributed by atoms with Crippen LogP contribution in [0.1, 0.15) is 68.2 Å². The Hall–Kier alpha value is -2.94. The molecule has 3 aromatic rings. The molecule has 2 aromatic carbocycles. The molecule has 1 saturated carbocycles. The van der Waals surface area contributed by atoms with Gasteiger partial charge in [-0.05, 0) is 47.6 Å². The molecule has 30 heavy (non-hydrogen) atoms. The topological polar surface area (TPSA) is 29.0 Å². The highest BCUT2D eigenvalue weighted by Gasteiger charge is 2.34. The maximum Gasteiger partial charge on any atom is 0.157 e. The van der Waals surface area contributed by atoms with Gasteiger partial charge >= 0.3 is 0 Å². The molecule has 1 aliphatic heterocycles. The fourth-order valence-corrected chi connectivity index (χ4v) is 4.41. The van der Waals surface area contributed by atoms with Crippen molar-refractivity contribution in [3.05, 3.63) is 89.5 Å². The van der Waals surface area contributed by atoms with Crippen LogP contribution in [0.15, 0.2) is 66.9 Å². The molecular formula is C27H29N3.